The smallest absolute Gasteiger partial charge is 0.241 e. The average molecular weight is 278 g/mol. The van der Waals surface area contributed by atoms with Gasteiger partial charge in [0.2, 0.25) is 5.91 Å². The first kappa shape index (κ1) is 14.1. The molecule has 1 amide bonds. The van der Waals surface area contributed by atoms with E-state index in [4.69, 9.17) is 33.8 Å². The molecule has 1 aromatic carbocycles. The Morgan fingerprint density at radius 1 is 1.47 bits per heavy atom. The van der Waals surface area contributed by atoms with Crippen LogP contribution in [0.3, 0.4) is 0 Å². The lowest BCUT2D eigenvalue weighted by Crippen LogP contribution is -2.29. The molecule has 1 aromatic rings. The molecule has 0 aliphatic carbocycles. The summed E-state index contributed by atoms with van der Waals surface area (Å²) in [5.74, 6) is -0.289. The van der Waals surface area contributed by atoms with Crippen molar-refractivity contribution in [3.63, 3.8) is 0 Å². The van der Waals surface area contributed by atoms with E-state index in [1.54, 1.807) is 7.05 Å². The Morgan fingerprint density at radius 3 is 2.47 bits per heavy atom. The summed E-state index contributed by atoms with van der Waals surface area (Å²) in [7, 11) is 3.10. The Labute approximate surface area is 109 Å². The number of benzene rings is 1. The minimum absolute atomic E-state index is 0.0630. The van der Waals surface area contributed by atoms with Crippen molar-refractivity contribution in [1.82, 2.24) is 5.06 Å². The number of carbonyl (C=O) groups excluding carboxylic acids is 1. The molecule has 0 heterocycles. The highest BCUT2D eigenvalue weighted by Gasteiger charge is 2.12. The summed E-state index contributed by atoms with van der Waals surface area (Å²) in [6.07, 6.45) is 0. The van der Waals surface area contributed by atoms with Crippen molar-refractivity contribution in [2.45, 2.75) is 0 Å². The van der Waals surface area contributed by atoms with Crippen LogP contribution in [-0.4, -0.2) is 31.7 Å². The second-order valence-corrected chi connectivity index (χ2v) is 4.19. The van der Waals surface area contributed by atoms with Gasteiger partial charge in [-0.3, -0.25) is 4.79 Å². The highest BCUT2D eigenvalue weighted by Crippen LogP contribution is 2.32. The lowest BCUT2D eigenvalue weighted by Gasteiger charge is -2.14. The monoisotopic (exact) mass is 277 g/mol. The number of halogens is 2. The molecule has 94 valence electrons. The number of hydrogen-bond donors (Lipinski definition) is 2. The van der Waals surface area contributed by atoms with Gasteiger partial charge in [-0.1, -0.05) is 23.2 Å². The molecule has 3 N–H and O–H groups in total. The molecule has 0 saturated heterocycles. The van der Waals surface area contributed by atoms with Gasteiger partial charge < -0.3 is 15.9 Å². The zero-order valence-electron chi connectivity index (χ0n) is 9.46. The van der Waals surface area contributed by atoms with Crippen LogP contribution in [0.5, 0.6) is 0 Å². The standard InChI is InChI=1S/C10H13Cl2N3O2/c1-15(17-2)5-9(16)14-10-7(11)3-6(13)4-8(10)12/h3-4H,5,13H2,1-2H3,(H,14,16). The number of carbonyl (C=O) groups is 1. The first-order chi connectivity index (χ1) is 7.93. The predicted molar refractivity (Wildman–Crippen MR) is 69.1 cm³/mol. The van der Waals surface area contributed by atoms with Crippen molar-refractivity contribution in [2.24, 2.45) is 0 Å². The van der Waals surface area contributed by atoms with E-state index in [1.807, 2.05) is 0 Å². The number of nitrogens with one attached hydrogen (secondary N) is 1. The summed E-state index contributed by atoms with van der Waals surface area (Å²) in [5, 5.41) is 4.55. The zero-order chi connectivity index (χ0) is 13.0. The van der Waals surface area contributed by atoms with Crippen LogP contribution in [0.1, 0.15) is 0 Å². The van der Waals surface area contributed by atoms with Gasteiger partial charge in [-0.2, -0.15) is 5.06 Å². The average Bonchev–Trinajstić information content (AvgIpc) is 2.23. The molecule has 0 radical (unpaired) electrons. The zero-order valence-corrected chi connectivity index (χ0v) is 11.0. The molecule has 5 nitrogen and oxygen atoms in total. The molecule has 0 aliphatic heterocycles. The minimum Gasteiger partial charge on any atom is -0.399 e. The summed E-state index contributed by atoms with van der Waals surface area (Å²) >= 11 is 11.9. The van der Waals surface area contributed by atoms with Crippen molar-refractivity contribution in [1.29, 1.82) is 0 Å². The van der Waals surface area contributed by atoms with Gasteiger partial charge in [-0.15, -0.1) is 0 Å². The molecular formula is C10H13Cl2N3O2. The van der Waals surface area contributed by atoms with E-state index in [1.165, 1.54) is 24.3 Å². The molecule has 0 fully saturated rings. The van der Waals surface area contributed by atoms with Crippen molar-refractivity contribution in [3.8, 4) is 0 Å². The van der Waals surface area contributed by atoms with Crippen molar-refractivity contribution < 1.29 is 9.63 Å². The fourth-order valence-corrected chi connectivity index (χ4v) is 1.76. The van der Waals surface area contributed by atoms with Crippen LogP contribution in [0, 0.1) is 0 Å². The molecule has 0 aromatic heterocycles. The first-order valence-corrected chi connectivity index (χ1v) is 5.49. The number of nitrogen functional groups attached to an aromatic ring is 1. The Balaban J connectivity index is 2.78. The second kappa shape index (κ2) is 6.07. The molecule has 7 heteroatoms. The highest BCUT2D eigenvalue weighted by molar-refractivity contribution is 6.40. The van der Waals surface area contributed by atoms with E-state index >= 15 is 0 Å². The number of nitrogens with zero attached hydrogens (tertiary/aromatic N) is 1. The van der Waals surface area contributed by atoms with E-state index in [0.29, 0.717) is 21.4 Å². The van der Waals surface area contributed by atoms with E-state index in [2.05, 4.69) is 5.32 Å². The van der Waals surface area contributed by atoms with E-state index < -0.39 is 0 Å². The Bertz CT molecular complexity index is 403. The van der Waals surface area contributed by atoms with Gasteiger partial charge in [0, 0.05) is 12.7 Å². The third-order valence-corrected chi connectivity index (χ3v) is 2.60. The molecule has 0 spiro atoms. The van der Waals surface area contributed by atoms with Crippen molar-refractivity contribution in [3.05, 3.63) is 22.2 Å². The van der Waals surface area contributed by atoms with Crippen LogP contribution >= 0.6 is 23.2 Å². The van der Waals surface area contributed by atoms with Crippen LogP contribution in [-0.2, 0) is 9.63 Å². The fraction of sp³-hybridized carbons (Fsp3) is 0.300. The molecule has 0 saturated carbocycles. The first-order valence-electron chi connectivity index (χ1n) is 4.73. The fourth-order valence-electron chi connectivity index (χ4n) is 1.16. The molecule has 1 rings (SSSR count). The van der Waals surface area contributed by atoms with Crippen LogP contribution in [0.15, 0.2) is 12.1 Å². The van der Waals surface area contributed by atoms with Gasteiger partial charge in [0.1, 0.15) is 6.54 Å². The minimum atomic E-state index is -0.289. The summed E-state index contributed by atoms with van der Waals surface area (Å²) in [6, 6.07) is 3.03. The maximum Gasteiger partial charge on any atom is 0.241 e. The van der Waals surface area contributed by atoms with Crippen molar-refractivity contribution in [2.75, 3.05) is 31.8 Å². The molecule has 0 aliphatic rings. The maximum absolute atomic E-state index is 11.6. The normalized spacial score (nSPS) is 10.6. The largest absolute Gasteiger partial charge is 0.399 e. The Hall–Kier alpha value is -1.01. The predicted octanol–water partition coefficient (Wildman–Crippen LogP) is 2.01. The summed E-state index contributed by atoms with van der Waals surface area (Å²) in [5.41, 5.74) is 6.33. The number of hydrogen-bond acceptors (Lipinski definition) is 4. The molecular weight excluding hydrogens is 265 g/mol. The number of nitrogens with two attached hydrogens (primary N) is 1. The third kappa shape index (κ3) is 4.05. The summed E-state index contributed by atoms with van der Waals surface area (Å²) in [6.45, 7) is 0.0630. The van der Waals surface area contributed by atoms with Gasteiger partial charge in [-0.05, 0) is 12.1 Å². The number of likely N-dealkylation sites (N-methyl/N-ethyl adjacent to an activating group) is 1. The van der Waals surface area contributed by atoms with Gasteiger partial charge in [0.05, 0.1) is 22.8 Å². The lowest BCUT2D eigenvalue weighted by atomic mass is 10.3. The second-order valence-electron chi connectivity index (χ2n) is 3.38. The number of rotatable bonds is 4. The Morgan fingerprint density at radius 2 is 2.00 bits per heavy atom. The molecule has 0 bridgehead atoms. The van der Waals surface area contributed by atoms with Crippen LogP contribution in [0.4, 0.5) is 11.4 Å². The topological polar surface area (TPSA) is 67.6 Å². The van der Waals surface area contributed by atoms with E-state index in [0.717, 1.165) is 0 Å². The van der Waals surface area contributed by atoms with Gasteiger partial charge in [-0.25, -0.2) is 0 Å². The SMILES string of the molecule is CON(C)CC(=O)Nc1c(Cl)cc(N)cc1Cl. The third-order valence-electron chi connectivity index (χ3n) is 2.01. The van der Waals surface area contributed by atoms with E-state index in [9.17, 15) is 4.79 Å². The summed E-state index contributed by atoms with van der Waals surface area (Å²) < 4.78 is 0. The number of anilines is 2. The summed E-state index contributed by atoms with van der Waals surface area (Å²) in [4.78, 5) is 16.4. The van der Waals surface area contributed by atoms with Crippen LogP contribution < -0.4 is 11.1 Å². The molecule has 0 unspecified atom stereocenters. The quantitative estimate of drug-likeness (QED) is 0.653. The highest BCUT2D eigenvalue weighted by atomic mass is 35.5. The van der Waals surface area contributed by atoms with Gasteiger partial charge in [0.25, 0.3) is 0 Å². The van der Waals surface area contributed by atoms with Crippen molar-refractivity contribution >= 4 is 40.5 Å². The molecule has 0 atom stereocenters. The molecule has 17 heavy (non-hydrogen) atoms. The number of amides is 1. The Kier molecular flexibility index (Phi) is 5.02. The van der Waals surface area contributed by atoms with E-state index in [-0.39, 0.29) is 12.5 Å². The van der Waals surface area contributed by atoms with Crippen LogP contribution in [0.2, 0.25) is 10.0 Å². The van der Waals surface area contributed by atoms with Gasteiger partial charge in [0.15, 0.2) is 0 Å². The van der Waals surface area contributed by atoms with Crippen LogP contribution in [0.25, 0.3) is 0 Å². The maximum atomic E-state index is 11.6. The lowest BCUT2D eigenvalue weighted by molar-refractivity contribution is -0.137. The van der Waals surface area contributed by atoms with Gasteiger partial charge >= 0.3 is 0 Å². The number of hydroxylamine groups is 2.